The van der Waals surface area contributed by atoms with Crippen LogP contribution in [0, 0.1) is 6.92 Å². The van der Waals surface area contributed by atoms with Crippen molar-refractivity contribution in [2.45, 2.75) is 13.3 Å². The average Bonchev–Trinajstić information content (AvgIpc) is 2.83. The van der Waals surface area contributed by atoms with E-state index in [2.05, 4.69) is 10.1 Å². The number of benzene rings is 1. The van der Waals surface area contributed by atoms with Crippen LogP contribution in [-0.2, 0) is 9.53 Å². The third kappa shape index (κ3) is 3.16. The zero-order valence-electron chi connectivity index (χ0n) is 12.2. The van der Waals surface area contributed by atoms with Crippen LogP contribution in [0.1, 0.15) is 22.5 Å². The van der Waals surface area contributed by atoms with Gasteiger partial charge in [0.1, 0.15) is 11.3 Å². The Morgan fingerprint density at radius 2 is 2.05 bits per heavy atom. The highest BCUT2D eigenvalue weighted by Gasteiger charge is 2.18. The van der Waals surface area contributed by atoms with E-state index in [1.54, 1.807) is 26.2 Å². The number of hydrogen-bond donors (Lipinski definition) is 1. The maximum absolute atomic E-state index is 12.1. The molecular weight excluding hydrogens is 274 g/mol. The first kappa shape index (κ1) is 14.9. The number of carbonyl (C=O) groups is 2. The van der Waals surface area contributed by atoms with Crippen LogP contribution >= 0.6 is 0 Å². The molecule has 0 atom stereocenters. The molecule has 0 unspecified atom stereocenters. The lowest BCUT2D eigenvalue weighted by atomic mass is 10.1. The summed E-state index contributed by atoms with van der Waals surface area (Å²) in [5, 5.41) is 3.46. The Balaban J connectivity index is 2.16. The van der Waals surface area contributed by atoms with Crippen molar-refractivity contribution in [3.05, 3.63) is 29.5 Å². The monoisotopic (exact) mass is 291 g/mol. The van der Waals surface area contributed by atoms with Gasteiger partial charge in [-0.1, -0.05) is 0 Å². The SMILES string of the molecule is COC(=O)CCNC(=O)c1oc2ccc(OC)cc2c1C. The molecule has 6 nitrogen and oxygen atoms in total. The average molecular weight is 291 g/mol. The molecule has 1 aromatic heterocycles. The number of ether oxygens (including phenoxy) is 2. The Morgan fingerprint density at radius 3 is 2.71 bits per heavy atom. The first-order valence-corrected chi connectivity index (χ1v) is 6.49. The maximum atomic E-state index is 12.1. The number of methoxy groups -OCH3 is 2. The van der Waals surface area contributed by atoms with Crippen molar-refractivity contribution in [2.24, 2.45) is 0 Å². The Bertz CT molecular complexity index is 674. The van der Waals surface area contributed by atoms with E-state index < -0.39 is 0 Å². The fourth-order valence-corrected chi connectivity index (χ4v) is 2.00. The summed E-state index contributed by atoms with van der Waals surface area (Å²) in [6.07, 6.45) is 0.120. The Morgan fingerprint density at radius 1 is 1.29 bits per heavy atom. The number of rotatable bonds is 5. The number of esters is 1. The summed E-state index contributed by atoms with van der Waals surface area (Å²) in [7, 11) is 2.89. The lowest BCUT2D eigenvalue weighted by Crippen LogP contribution is -2.26. The highest BCUT2D eigenvalue weighted by molar-refractivity contribution is 5.99. The number of fused-ring (bicyclic) bond motifs is 1. The maximum Gasteiger partial charge on any atom is 0.307 e. The van der Waals surface area contributed by atoms with E-state index in [9.17, 15) is 9.59 Å². The highest BCUT2D eigenvalue weighted by atomic mass is 16.5. The summed E-state index contributed by atoms with van der Waals surface area (Å²) >= 11 is 0. The molecule has 0 spiro atoms. The minimum Gasteiger partial charge on any atom is -0.497 e. The molecule has 0 bridgehead atoms. The lowest BCUT2D eigenvalue weighted by Gasteiger charge is -2.02. The van der Waals surface area contributed by atoms with Gasteiger partial charge in [0, 0.05) is 17.5 Å². The second-order valence-electron chi connectivity index (χ2n) is 4.50. The van der Waals surface area contributed by atoms with E-state index in [1.807, 2.05) is 6.07 Å². The van der Waals surface area contributed by atoms with Gasteiger partial charge in [0.2, 0.25) is 0 Å². The zero-order chi connectivity index (χ0) is 15.4. The molecule has 0 aliphatic carbocycles. The number of amides is 1. The number of nitrogens with one attached hydrogen (secondary N) is 1. The first-order valence-electron chi connectivity index (χ1n) is 6.49. The van der Waals surface area contributed by atoms with Crippen LogP contribution < -0.4 is 10.1 Å². The molecular formula is C15H17NO5. The lowest BCUT2D eigenvalue weighted by molar-refractivity contribution is -0.140. The Labute approximate surface area is 122 Å². The van der Waals surface area contributed by atoms with Gasteiger partial charge in [-0.05, 0) is 25.1 Å². The first-order chi connectivity index (χ1) is 10.1. The van der Waals surface area contributed by atoms with E-state index >= 15 is 0 Å². The highest BCUT2D eigenvalue weighted by Crippen LogP contribution is 2.28. The largest absolute Gasteiger partial charge is 0.497 e. The molecule has 0 aliphatic heterocycles. The van der Waals surface area contributed by atoms with Gasteiger partial charge in [0.15, 0.2) is 5.76 Å². The van der Waals surface area contributed by atoms with E-state index in [0.717, 1.165) is 10.9 Å². The molecule has 21 heavy (non-hydrogen) atoms. The molecule has 2 aromatic rings. The fourth-order valence-electron chi connectivity index (χ4n) is 2.00. The van der Waals surface area contributed by atoms with E-state index in [1.165, 1.54) is 7.11 Å². The third-order valence-corrected chi connectivity index (χ3v) is 3.19. The van der Waals surface area contributed by atoms with Gasteiger partial charge in [0.25, 0.3) is 5.91 Å². The second kappa shape index (κ2) is 6.30. The number of aryl methyl sites for hydroxylation is 1. The predicted octanol–water partition coefficient (Wildman–Crippen LogP) is 2.04. The van der Waals surface area contributed by atoms with Crippen molar-refractivity contribution in [1.82, 2.24) is 5.32 Å². The summed E-state index contributed by atoms with van der Waals surface area (Å²) in [5.41, 5.74) is 1.35. The van der Waals surface area contributed by atoms with E-state index in [-0.39, 0.29) is 30.6 Å². The summed E-state index contributed by atoms with van der Waals surface area (Å²) in [4.78, 5) is 23.1. The van der Waals surface area contributed by atoms with Crippen molar-refractivity contribution in [3.63, 3.8) is 0 Å². The molecule has 1 N–H and O–H groups in total. The second-order valence-corrected chi connectivity index (χ2v) is 4.50. The van der Waals surface area contributed by atoms with Crippen molar-refractivity contribution in [2.75, 3.05) is 20.8 Å². The molecule has 0 radical (unpaired) electrons. The normalized spacial score (nSPS) is 10.4. The van der Waals surface area contributed by atoms with Gasteiger partial charge in [0.05, 0.1) is 20.6 Å². The summed E-state index contributed by atoms with van der Waals surface area (Å²) in [6.45, 7) is 2.01. The third-order valence-electron chi connectivity index (χ3n) is 3.19. The van der Waals surface area contributed by atoms with Crippen LogP contribution in [0.4, 0.5) is 0 Å². The quantitative estimate of drug-likeness (QED) is 0.853. The van der Waals surface area contributed by atoms with Crippen LogP contribution in [0.25, 0.3) is 11.0 Å². The van der Waals surface area contributed by atoms with Crippen molar-refractivity contribution in [3.8, 4) is 5.75 Å². The molecule has 0 fully saturated rings. The zero-order valence-corrected chi connectivity index (χ0v) is 12.2. The minimum atomic E-state index is -0.374. The smallest absolute Gasteiger partial charge is 0.307 e. The fraction of sp³-hybridized carbons (Fsp3) is 0.333. The molecule has 1 amide bonds. The van der Waals surface area contributed by atoms with Crippen LogP contribution in [0.3, 0.4) is 0 Å². The van der Waals surface area contributed by atoms with Gasteiger partial charge in [-0.3, -0.25) is 9.59 Å². The standard InChI is InChI=1S/C15H17NO5/c1-9-11-8-10(19-2)4-5-12(11)21-14(9)15(18)16-7-6-13(17)20-3/h4-5,8H,6-7H2,1-3H3,(H,16,18). The van der Waals surface area contributed by atoms with Crippen LogP contribution in [0.2, 0.25) is 0 Å². The topological polar surface area (TPSA) is 77.8 Å². The summed E-state index contributed by atoms with van der Waals surface area (Å²) < 4.78 is 15.2. The molecule has 0 aliphatic rings. The van der Waals surface area contributed by atoms with Gasteiger partial charge in [-0.15, -0.1) is 0 Å². The molecule has 1 heterocycles. The van der Waals surface area contributed by atoms with Crippen LogP contribution in [0.5, 0.6) is 5.75 Å². The predicted molar refractivity (Wildman–Crippen MR) is 76.5 cm³/mol. The molecule has 2 rings (SSSR count). The molecule has 6 heteroatoms. The molecule has 0 saturated carbocycles. The molecule has 1 aromatic carbocycles. The minimum absolute atomic E-state index is 0.120. The number of furan rings is 1. The van der Waals surface area contributed by atoms with Gasteiger partial charge in [-0.2, -0.15) is 0 Å². The molecule has 112 valence electrons. The Hall–Kier alpha value is -2.50. The van der Waals surface area contributed by atoms with Gasteiger partial charge in [-0.25, -0.2) is 0 Å². The van der Waals surface area contributed by atoms with Gasteiger partial charge >= 0.3 is 5.97 Å². The van der Waals surface area contributed by atoms with Crippen molar-refractivity contribution >= 4 is 22.8 Å². The summed E-state index contributed by atoms with van der Waals surface area (Å²) in [5.74, 6) is 0.208. The van der Waals surface area contributed by atoms with E-state index in [0.29, 0.717) is 11.3 Å². The number of hydrogen-bond acceptors (Lipinski definition) is 5. The van der Waals surface area contributed by atoms with Crippen molar-refractivity contribution in [1.29, 1.82) is 0 Å². The summed E-state index contributed by atoms with van der Waals surface area (Å²) in [6, 6.07) is 5.34. The number of carbonyl (C=O) groups excluding carboxylic acids is 2. The molecule has 0 saturated heterocycles. The van der Waals surface area contributed by atoms with E-state index in [4.69, 9.17) is 9.15 Å². The van der Waals surface area contributed by atoms with Crippen LogP contribution in [-0.4, -0.2) is 32.6 Å². The van der Waals surface area contributed by atoms with Crippen molar-refractivity contribution < 1.29 is 23.5 Å². The Kier molecular flexibility index (Phi) is 4.47. The van der Waals surface area contributed by atoms with Crippen LogP contribution in [0.15, 0.2) is 22.6 Å². The van der Waals surface area contributed by atoms with Gasteiger partial charge < -0.3 is 19.2 Å².